The molecule has 0 saturated carbocycles. The summed E-state index contributed by atoms with van der Waals surface area (Å²) in [6.45, 7) is 7.11. The molecule has 0 unspecified atom stereocenters. The number of hydrogen-bond acceptors (Lipinski definition) is 2. The van der Waals surface area contributed by atoms with E-state index in [1.807, 2.05) is 14.2 Å². The Morgan fingerprint density at radius 1 is 0.760 bits per heavy atom. The average Bonchev–Trinajstić information content (AvgIpc) is 3.25. The van der Waals surface area contributed by atoms with E-state index in [1.54, 1.807) is 13.3 Å². The summed E-state index contributed by atoms with van der Waals surface area (Å²) in [6, 6.07) is 9.81. The quantitative estimate of drug-likeness (QED) is 0.257. The van der Waals surface area contributed by atoms with E-state index in [0.29, 0.717) is 0 Å². The molecule has 2 aromatic heterocycles. The first kappa shape index (κ1) is 19.7. The Kier molecular flexibility index (Phi) is 7.27. The second kappa shape index (κ2) is 9.23. The molecule has 0 radical (unpaired) electrons. The van der Waals surface area contributed by atoms with Crippen molar-refractivity contribution in [2.24, 2.45) is 0 Å². The molecule has 1 aromatic carbocycles. The molecule has 0 fully saturated rings. The molecular weight excluding hydrogens is 447 g/mol. The van der Waals surface area contributed by atoms with Gasteiger partial charge in [-0.3, -0.25) is 0 Å². The number of unbranched alkanes of at least 4 members (excludes halogenated alkanes) is 3. The first-order valence-electron chi connectivity index (χ1n) is 10.1. The van der Waals surface area contributed by atoms with Gasteiger partial charge in [0, 0.05) is 0 Å². The predicted molar refractivity (Wildman–Crippen MR) is 122 cm³/mol. The van der Waals surface area contributed by atoms with Gasteiger partial charge in [0.15, 0.2) is 0 Å². The van der Waals surface area contributed by atoms with E-state index in [-0.39, 0.29) is 0 Å². The van der Waals surface area contributed by atoms with Crippen molar-refractivity contribution >= 4 is 64.1 Å². The maximum atomic E-state index is 2.64. The van der Waals surface area contributed by atoms with Gasteiger partial charge in [0.25, 0.3) is 0 Å². The van der Waals surface area contributed by atoms with Gasteiger partial charge in [-0.25, -0.2) is 0 Å². The van der Waals surface area contributed by atoms with E-state index in [9.17, 15) is 0 Å². The third-order valence-electron chi connectivity index (χ3n) is 5.64. The molecule has 25 heavy (non-hydrogen) atoms. The number of hydrogen-bond donors (Lipinski definition) is 0. The van der Waals surface area contributed by atoms with Crippen LogP contribution in [0.1, 0.15) is 59.3 Å². The molecule has 3 aromatic rings. The monoisotopic (exact) mass is 480 g/mol. The van der Waals surface area contributed by atoms with E-state index in [4.69, 9.17) is 0 Å². The van der Waals surface area contributed by atoms with Crippen molar-refractivity contribution in [3.8, 4) is 0 Å². The van der Waals surface area contributed by atoms with Crippen molar-refractivity contribution < 1.29 is 0 Å². The van der Waals surface area contributed by atoms with E-state index in [1.165, 1.54) is 58.7 Å². The molecule has 3 heteroatoms. The van der Waals surface area contributed by atoms with Crippen LogP contribution in [0.15, 0.2) is 29.6 Å². The Morgan fingerprint density at radius 2 is 1.36 bits per heavy atom. The van der Waals surface area contributed by atoms with Gasteiger partial charge in [-0.05, 0) is 0 Å². The molecule has 0 atom stereocenters. The molecule has 0 spiro atoms. The summed E-state index contributed by atoms with van der Waals surface area (Å²) >= 11 is 1.80. The van der Waals surface area contributed by atoms with Crippen molar-refractivity contribution in [3.63, 3.8) is 0 Å². The molecule has 0 bridgehead atoms. The molecule has 0 aliphatic heterocycles. The fourth-order valence-corrected chi connectivity index (χ4v) is 25.2. The van der Waals surface area contributed by atoms with E-state index >= 15 is 0 Å². The van der Waals surface area contributed by atoms with Gasteiger partial charge < -0.3 is 0 Å². The zero-order valence-corrected chi connectivity index (χ0v) is 20.6. The third kappa shape index (κ3) is 4.44. The first-order chi connectivity index (χ1) is 12.2. The number of thiophene rings is 2. The van der Waals surface area contributed by atoms with Crippen LogP contribution in [0.3, 0.4) is 0 Å². The molecule has 3 rings (SSSR count). The summed E-state index contributed by atoms with van der Waals surface area (Å²) in [5, 5.41) is 5.17. The topological polar surface area (TPSA) is 0 Å². The Labute approximate surface area is 165 Å². The molecule has 0 aliphatic rings. The van der Waals surface area contributed by atoms with Crippen LogP contribution in [0.5, 0.6) is 0 Å². The van der Waals surface area contributed by atoms with Gasteiger partial charge in [0.05, 0.1) is 0 Å². The molecule has 136 valence electrons. The molecule has 2 heterocycles. The average molecular weight is 479 g/mol. The van der Waals surface area contributed by atoms with Gasteiger partial charge in [-0.1, -0.05) is 0 Å². The molecule has 0 nitrogen and oxygen atoms in total. The van der Waals surface area contributed by atoms with Crippen molar-refractivity contribution in [1.29, 1.82) is 0 Å². The Bertz CT molecular complexity index is 729. The normalized spacial score (nSPS) is 12.4. The van der Waals surface area contributed by atoms with E-state index < -0.39 is 18.4 Å². The van der Waals surface area contributed by atoms with Gasteiger partial charge in [-0.15, -0.1) is 0 Å². The Morgan fingerprint density at radius 3 is 1.96 bits per heavy atom. The number of rotatable bonds is 10. The van der Waals surface area contributed by atoms with Crippen LogP contribution in [0.4, 0.5) is 0 Å². The van der Waals surface area contributed by atoms with E-state index in [0.717, 1.165) is 0 Å². The predicted octanol–water partition coefficient (Wildman–Crippen LogP) is 8.17. The van der Waals surface area contributed by atoms with Gasteiger partial charge in [0.2, 0.25) is 0 Å². The van der Waals surface area contributed by atoms with Crippen molar-refractivity contribution in [2.45, 2.75) is 72.6 Å². The van der Waals surface area contributed by atoms with Gasteiger partial charge >= 0.3 is 166 Å². The van der Waals surface area contributed by atoms with Crippen LogP contribution in [-0.2, 0) is 0 Å². The summed E-state index contributed by atoms with van der Waals surface area (Å²) in [6.07, 6.45) is 8.43. The molecule has 0 N–H and O–H groups in total. The van der Waals surface area contributed by atoms with Gasteiger partial charge in [-0.2, -0.15) is 0 Å². The Hall–Kier alpha value is -0.0613. The Balaban J connectivity index is 2.03. The van der Waals surface area contributed by atoms with Crippen molar-refractivity contribution in [1.82, 2.24) is 0 Å². The van der Waals surface area contributed by atoms with Crippen LogP contribution in [-0.4, -0.2) is 18.4 Å². The minimum absolute atomic E-state index is 1.36. The van der Waals surface area contributed by atoms with Crippen LogP contribution in [0, 0.1) is 0 Å². The zero-order chi connectivity index (χ0) is 17.7. The van der Waals surface area contributed by atoms with Crippen molar-refractivity contribution in [3.05, 3.63) is 29.6 Å². The molecular formula is C22H32S2Sn. The minimum atomic E-state index is -2.26. The van der Waals surface area contributed by atoms with E-state index in [2.05, 4.69) is 61.8 Å². The van der Waals surface area contributed by atoms with Crippen LogP contribution >= 0.6 is 22.7 Å². The van der Waals surface area contributed by atoms with Crippen LogP contribution in [0.2, 0.25) is 13.3 Å². The maximum absolute atomic E-state index is 2.64. The summed E-state index contributed by atoms with van der Waals surface area (Å²) in [7, 11) is 0. The fourth-order valence-electron chi connectivity index (χ4n) is 4.05. The molecule has 0 saturated heterocycles. The summed E-state index contributed by atoms with van der Waals surface area (Å²) in [5.41, 5.74) is 0. The van der Waals surface area contributed by atoms with Crippen LogP contribution in [0.25, 0.3) is 20.2 Å². The zero-order valence-electron chi connectivity index (χ0n) is 16.1. The first-order valence-corrected chi connectivity index (χ1v) is 19.3. The van der Waals surface area contributed by atoms with Crippen molar-refractivity contribution in [2.75, 3.05) is 0 Å². The molecule has 0 amide bonds. The van der Waals surface area contributed by atoms with Crippen LogP contribution < -0.4 is 2.89 Å². The fraction of sp³-hybridized carbons (Fsp3) is 0.545. The SMILES string of the molecule is CCC[CH2][Sn]([CH2]CCC)([CH2]CCC)[c]1cc2cc3sccc3cc2s1. The third-order valence-corrected chi connectivity index (χ3v) is 25.8. The second-order valence-electron chi connectivity index (χ2n) is 7.55. The number of benzene rings is 1. The second-order valence-corrected chi connectivity index (χ2v) is 23.7. The summed E-state index contributed by atoms with van der Waals surface area (Å²) in [5.74, 6) is 0. The summed E-state index contributed by atoms with van der Waals surface area (Å²) < 4.78 is 9.59. The standard InChI is InChI=1S/C10H5S2.3C4H9.Sn/c1-3-11-9-6-8-2-4-12-10(8)5-7(1)9;3*1-3-4-2;/h1-3,5-6H;3*1,3-4H2,2H3;. The molecule has 0 aliphatic carbocycles. The van der Waals surface area contributed by atoms with Gasteiger partial charge in [0.1, 0.15) is 0 Å². The summed E-state index contributed by atoms with van der Waals surface area (Å²) in [4.78, 5) is 0. The number of fused-ring (bicyclic) bond motifs is 2.